The minimum atomic E-state index is 0.262. The molecule has 1 N–H and O–H groups in total. The third-order valence-electron chi connectivity index (χ3n) is 3.65. The van der Waals surface area contributed by atoms with Crippen LogP contribution in [-0.4, -0.2) is 37.1 Å². The van der Waals surface area contributed by atoms with Crippen LogP contribution in [0.5, 0.6) is 5.75 Å². The van der Waals surface area contributed by atoms with Crippen LogP contribution in [0.3, 0.4) is 0 Å². The molecule has 5 heteroatoms. The molecule has 2 aromatic rings. The first kappa shape index (κ1) is 18.9. The lowest BCUT2D eigenvalue weighted by atomic mass is 9.93. The second-order valence-electron chi connectivity index (χ2n) is 7.30. The van der Waals surface area contributed by atoms with Crippen LogP contribution in [0, 0.1) is 12.3 Å². The maximum Gasteiger partial charge on any atom is 0.131 e. The number of rotatable bonds is 9. The Balaban J connectivity index is 1.75. The molecule has 0 saturated heterocycles. The van der Waals surface area contributed by atoms with Crippen molar-refractivity contribution >= 4 is 11.3 Å². The van der Waals surface area contributed by atoms with Crippen LogP contribution in [-0.2, 0) is 13.2 Å². The van der Waals surface area contributed by atoms with Crippen molar-refractivity contribution < 1.29 is 4.74 Å². The second kappa shape index (κ2) is 8.60. The molecule has 0 saturated carbocycles. The van der Waals surface area contributed by atoms with E-state index in [1.807, 2.05) is 24.4 Å². The zero-order valence-corrected chi connectivity index (χ0v) is 16.2. The van der Waals surface area contributed by atoms with Gasteiger partial charge < -0.3 is 15.0 Å². The average Bonchev–Trinajstić information content (AvgIpc) is 2.90. The van der Waals surface area contributed by atoms with Gasteiger partial charge in [-0.15, -0.1) is 11.3 Å². The van der Waals surface area contributed by atoms with E-state index in [1.165, 1.54) is 5.56 Å². The van der Waals surface area contributed by atoms with E-state index in [-0.39, 0.29) is 5.41 Å². The summed E-state index contributed by atoms with van der Waals surface area (Å²) >= 11 is 1.65. The van der Waals surface area contributed by atoms with Crippen molar-refractivity contribution in [3.05, 3.63) is 45.9 Å². The minimum Gasteiger partial charge on any atom is -0.487 e. The third kappa shape index (κ3) is 6.59. The van der Waals surface area contributed by atoms with Crippen LogP contribution in [0.15, 0.2) is 29.6 Å². The Morgan fingerprint density at radius 3 is 2.50 bits per heavy atom. The van der Waals surface area contributed by atoms with Gasteiger partial charge in [0.15, 0.2) is 0 Å². The molecule has 4 nitrogen and oxygen atoms in total. The normalized spacial score (nSPS) is 11.9. The van der Waals surface area contributed by atoms with Crippen LogP contribution >= 0.6 is 11.3 Å². The molecule has 0 aliphatic carbocycles. The predicted molar refractivity (Wildman–Crippen MR) is 102 cm³/mol. The van der Waals surface area contributed by atoms with Crippen molar-refractivity contribution in [1.82, 2.24) is 15.2 Å². The van der Waals surface area contributed by atoms with Gasteiger partial charge in [0, 0.05) is 25.0 Å². The molecular weight excluding hydrogens is 318 g/mol. The lowest BCUT2D eigenvalue weighted by Crippen LogP contribution is -2.37. The molecular formula is C19H29N3OS. The molecule has 2 rings (SSSR count). The summed E-state index contributed by atoms with van der Waals surface area (Å²) in [6.07, 6.45) is 0. The molecule has 0 aliphatic heterocycles. The highest BCUT2D eigenvalue weighted by molar-refractivity contribution is 7.09. The van der Waals surface area contributed by atoms with Gasteiger partial charge in [-0.3, -0.25) is 0 Å². The third-order valence-corrected chi connectivity index (χ3v) is 4.48. The van der Waals surface area contributed by atoms with Crippen molar-refractivity contribution in [3.8, 4) is 5.75 Å². The lowest BCUT2D eigenvalue weighted by Gasteiger charge is -2.28. The van der Waals surface area contributed by atoms with Crippen LogP contribution < -0.4 is 10.1 Å². The van der Waals surface area contributed by atoms with Crippen molar-refractivity contribution in [2.45, 2.75) is 33.9 Å². The summed E-state index contributed by atoms with van der Waals surface area (Å²) in [6, 6.07) is 8.30. The first-order chi connectivity index (χ1) is 11.3. The molecule has 0 atom stereocenters. The molecule has 1 heterocycles. The quantitative estimate of drug-likeness (QED) is 0.750. The molecule has 0 spiro atoms. The Bertz CT molecular complexity index is 620. The highest BCUT2D eigenvalue weighted by atomic mass is 32.1. The molecule has 24 heavy (non-hydrogen) atoms. The van der Waals surface area contributed by atoms with Gasteiger partial charge in [-0.05, 0) is 44.1 Å². The topological polar surface area (TPSA) is 37.4 Å². The van der Waals surface area contributed by atoms with E-state index in [4.69, 9.17) is 4.74 Å². The summed E-state index contributed by atoms with van der Waals surface area (Å²) in [6.45, 7) is 10.1. The fourth-order valence-corrected chi connectivity index (χ4v) is 3.39. The maximum absolute atomic E-state index is 5.78. The molecule has 132 valence electrons. The number of hydrogen-bond acceptors (Lipinski definition) is 5. The smallest absolute Gasteiger partial charge is 0.131 e. The van der Waals surface area contributed by atoms with Gasteiger partial charge in [-0.1, -0.05) is 26.0 Å². The largest absolute Gasteiger partial charge is 0.487 e. The molecule has 0 amide bonds. The van der Waals surface area contributed by atoms with Crippen molar-refractivity contribution in [3.63, 3.8) is 0 Å². The lowest BCUT2D eigenvalue weighted by molar-refractivity contribution is 0.232. The van der Waals surface area contributed by atoms with Crippen LogP contribution in [0.1, 0.15) is 30.1 Å². The van der Waals surface area contributed by atoms with Gasteiger partial charge in [0.05, 0.1) is 10.7 Å². The van der Waals surface area contributed by atoms with Gasteiger partial charge in [0.1, 0.15) is 12.4 Å². The number of nitrogens with zero attached hydrogens (tertiary/aromatic N) is 2. The van der Waals surface area contributed by atoms with Gasteiger partial charge in [-0.25, -0.2) is 4.98 Å². The summed E-state index contributed by atoms with van der Waals surface area (Å²) in [5, 5.41) is 6.67. The molecule has 0 aliphatic rings. The number of aromatic nitrogens is 1. The molecule has 0 radical (unpaired) electrons. The Kier molecular flexibility index (Phi) is 6.78. The summed E-state index contributed by atoms with van der Waals surface area (Å²) < 4.78 is 5.78. The van der Waals surface area contributed by atoms with E-state index in [1.54, 1.807) is 11.3 Å². The fourth-order valence-electron chi connectivity index (χ4n) is 2.79. The first-order valence-corrected chi connectivity index (χ1v) is 9.20. The van der Waals surface area contributed by atoms with Crippen molar-refractivity contribution in [2.24, 2.45) is 5.41 Å². The summed E-state index contributed by atoms with van der Waals surface area (Å²) in [4.78, 5) is 6.64. The molecule has 1 aromatic heterocycles. The number of ether oxygens (including phenoxy) is 1. The van der Waals surface area contributed by atoms with Crippen molar-refractivity contribution in [1.29, 1.82) is 0 Å². The van der Waals surface area contributed by atoms with E-state index in [2.05, 4.69) is 55.3 Å². The van der Waals surface area contributed by atoms with Gasteiger partial charge in [0.25, 0.3) is 0 Å². The molecule has 0 unspecified atom stereocenters. The molecule has 0 bridgehead atoms. The highest BCUT2D eigenvalue weighted by Crippen LogP contribution is 2.17. The standard InChI is InChI=1S/C19H29N3OS/c1-15-21-17(12-24-15)11-23-18-8-6-16(7-9-18)10-20-13-19(2,3)14-22(4)5/h6-9,12,20H,10-11,13-14H2,1-5H3. The number of thiazole rings is 1. The summed E-state index contributed by atoms with van der Waals surface area (Å²) in [5.41, 5.74) is 2.52. The Labute approximate surface area is 149 Å². The van der Waals surface area contributed by atoms with E-state index >= 15 is 0 Å². The van der Waals surface area contributed by atoms with Gasteiger partial charge in [0.2, 0.25) is 0 Å². The number of hydrogen-bond donors (Lipinski definition) is 1. The first-order valence-electron chi connectivity index (χ1n) is 8.32. The maximum atomic E-state index is 5.78. The SMILES string of the molecule is Cc1nc(COc2ccc(CNCC(C)(C)CN(C)C)cc2)cs1. The van der Waals surface area contributed by atoms with Crippen LogP contribution in [0.25, 0.3) is 0 Å². The van der Waals surface area contributed by atoms with E-state index < -0.39 is 0 Å². The predicted octanol–water partition coefficient (Wildman–Crippen LogP) is 3.71. The minimum absolute atomic E-state index is 0.262. The summed E-state index contributed by atoms with van der Waals surface area (Å²) in [5.74, 6) is 0.886. The highest BCUT2D eigenvalue weighted by Gasteiger charge is 2.18. The van der Waals surface area contributed by atoms with E-state index in [0.717, 1.165) is 36.1 Å². The fraction of sp³-hybridized carbons (Fsp3) is 0.526. The number of nitrogens with one attached hydrogen (secondary N) is 1. The Hall–Kier alpha value is -1.43. The average molecular weight is 348 g/mol. The zero-order valence-electron chi connectivity index (χ0n) is 15.4. The van der Waals surface area contributed by atoms with Gasteiger partial charge >= 0.3 is 0 Å². The van der Waals surface area contributed by atoms with E-state index in [9.17, 15) is 0 Å². The van der Waals surface area contributed by atoms with Crippen LogP contribution in [0.4, 0.5) is 0 Å². The summed E-state index contributed by atoms with van der Waals surface area (Å²) in [7, 11) is 4.24. The monoisotopic (exact) mass is 347 g/mol. The molecule has 0 fully saturated rings. The number of aryl methyl sites for hydroxylation is 1. The second-order valence-corrected chi connectivity index (χ2v) is 8.36. The Morgan fingerprint density at radius 1 is 1.21 bits per heavy atom. The van der Waals surface area contributed by atoms with Crippen LogP contribution in [0.2, 0.25) is 0 Å². The Morgan fingerprint density at radius 2 is 1.92 bits per heavy atom. The molecule has 1 aromatic carbocycles. The van der Waals surface area contributed by atoms with Gasteiger partial charge in [-0.2, -0.15) is 0 Å². The van der Waals surface area contributed by atoms with E-state index in [0.29, 0.717) is 6.61 Å². The zero-order chi connectivity index (χ0) is 17.6. The number of benzene rings is 1. The van der Waals surface area contributed by atoms with Crippen molar-refractivity contribution in [2.75, 3.05) is 27.2 Å².